The van der Waals surface area contributed by atoms with Crippen LogP contribution in [0.3, 0.4) is 0 Å². The average Bonchev–Trinajstić information content (AvgIpc) is 3.46. The van der Waals surface area contributed by atoms with Crippen LogP contribution in [0.2, 0.25) is 0 Å². The van der Waals surface area contributed by atoms with Gasteiger partial charge in [0.1, 0.15) is 5.71 Å². The molecule has 1 spiro atoms. The van der Waals surface area contributed by atoms with Crippen molar-refractivity contribution in [1.82, 2.24) is 0 Å². The fourth-order valence-corrected chi connectivity index (χ4v) is 6.70. The Morgan fingerprint density at radius 3 is 2.21 bits per heavy atom. The van der Waals surface area contributed by atoms with Crippen molar-refractivity contribution in [1.29, 1.82) is 0 Å². The van der Waals surface area contributed by atoms with Crippen LogP contribution in [0.5, 0.6) is 0 Å². The Kier molecular flexibility index (Phi) is 4.22. The van der Waals surface area contributed by atoms with Gasteiger partial charge in [0.25, 0.3) is 12.3 Å². The van der Waals surface area contributed by atoms with Crippen molar-refractivity contribution in [3.8, 4) is 0 Å². The van der Waals surface area contributed by atoms with Crippen LogP contribution in [0, 0.1) is 0 Å². The van der Waals surface area contributed by atoms with Gasteiger partial charge in [-0.05, 0) is 12.1 Å². The number of carbonyl (C=O) groups excluding carboxylic acids is 3. The van der Waals surface area contributed by atoms with Crippen LogP contribution in [0.15, 0.2) is 83.9 Å². The zero-order chi connectivity index (χ0) is 26.7. The van der Waals surface area contributed by atoms with Gasteiger partial charge in [-0.2, -0.15) is 0 Å². The van der Waals surface area contributed by atoms with Gasteiger partial charge in [-0.25, -0.2) is 9.89 Å². The molecule has 5 atom stereocenters. The first-order valence-corrected chi connectivity index (χ1v) is 12.5. The molecule has 3 amide bonds. The number of carbonyl (C=O) groups is 3. The van der Waals surface area contributed by atoms with Crippen LogP contribution in [0.4, 0.5) is 11.4 Å². The number of fused-ring (bicyclic) bond motifs is 5. The maximum absolute atomic E-state index is 14.4. The third kappa shape index (κ3) is 2.38. The van der Waals surface area contributed by atoms with Crippen molar-refractivity contribution in [3.63, 3.8) is 0 Å². The van der Waals surface area contributed by atoms with Crippen molar-refractivity contribution in [3.05, 3.63) is 95.6 Å². The molecular weight excluding hydrogens is 502 g/mol. The van der Waals surface area contributed by atoms with E-state index in [9.17, 15) is 14.4 Å². The number of rotatable bonds is 1. The topological polar surface area (TPSA) is 107 Å². The molecule has 5 aliphatic rings. The van der Waals surface area contributed by atoms with Crippen molar-refractivity contribution in [2.75, 3.05) is 9.80 Å². The molecule has 2 saturated heterocycles. The largest absolute Gasteiger partial charge is 0.310 e. The second-order valence-corrected chi connectivity index (χ2v) is 9.99. The zero-order valence-electron chi connectivity index (χ0n) is 20.9. The summed E-state index contributed by atoms with van der Waals surface area (Å²) in [4.78, 5) is 47.6. The minimum Gasteiger partial charge on any atom is -0.310 e. The molecule has 0 aromatic heterocycles. The Balaban J connectivity index is 1.42. The lowest BCUT2D eigenvalue weighted by Gasteiger charge is -2.63. The minimum absolute atomic E-state index is 0.379. The molecule has 5 heterocycles. The molecule has 2 bridgehead atoms. The maximum atomic E-state index is 14.4. The Morgan fingerprint density at radius 2 is 1.49 bits per heavy atom. The summed E-state index contributed by atoms with van der Waals surface area (Å²) in [6, 6.07) is 23.3. The van der Waals surface area contributed by atoms with E-state index in [1.165, 1.54) is 18.7 Å². The van der Waals surface area contributed by atoms with Crippen LogP contribution in [0.25, 0.3) is 0 Å². The molecule has 39 heavy (non-hydrogen) atoms. The summed E-state index contributed by atoms with van der Waals surface area (Å²) in [5, 5.41) is 0. The summed E-state index contributed by atoms with van der Waals surface area (Å²) in [6.07, 6.45) is -2.25. The van der Waals surface area contributed by atoms with Crippen LogP contribution in [-0.2, 0) is 44.5 Å². The van der Waals surface area contributed by atoms with E-state index >= 15 is 0 Å². The summed E-state index contributed by atoms with van der Waals surface area (Å²) in [5.41, 5.74) is -0.614. The first-order valence-electron chi connectivity index (χ1n) is 12.5. The molecule has 0 N–H and O–H groups in total. The second-order valence-electron chi connectivity index (χ2n) is 9.99. The molecule has 0 aliphatic carbocycles. The van der Waals surface area contributed by atoms with Crippen molar-refractivity contribution in [2.45, 2.75) is 43.7 Å². The smallest absolute Gasteiger partial charge is 0.301 e. The predicted octanol–water partition coefficient (Wildman–Crippen LogP) is 2.90. The lowest BCUT2D eigenvalue weighted by atomic mass is 9.67. The van der Waals surface area contributed by atoms with Gasteiger partial charge >= 0.3 is 5.91 Å². The van der Waals surface area contributed by atoms with Crippen LogP contribution in [0.1, 0.15) is 30.5 Å². The van der Waals surface area contributed by atoms with Crippen molar-refractivity contribution >= 4 is 34.8 Å². The number of anilines is 2. The molecular formula is C29H21N3O7. The summed E-state index contributed by atoms with van der Waals surface area (Å²) in [6.45, 7) is 2.70. The predicted molar refractivity (Wildman–Crippen MR) is 135 cm³/mol. The average molecular weight is 524 g/mol. The van der Waals surface area contributed by atoms with Gasteiger partial charge in [-0.3, -0.25) is 28.8 Å². The highest BCUT2D eigenvalue weighted by Gasteiger charge is 2.93. The minimum atomic E-state index is -1.92. The van der Waals surface area contributed by atoms with E-state index in [-0.39, 0.29) is 5.91 Å². The molecule has 2 fully saturated rings. The molecule has 0 radical (unpaired) electrons. The lowest BCUT2D eigenvalue weighted by molar-refractivity contribution is -0.483. The third-order valence-electron chi connectivity index (χ3n) is 8.03. The monoisotopic (exact) mass is 523 g/mol. The highest BCUT2D eigenvalue weighted by molar-refractivity contribution is 6.23. The fraction of sp³-hybridized carbons (Fsp3) is 0.241. The quantitative estimate of drug-likeness (QED) is 0.483. The lowest BCUT2D eigenvalue weighted by Crippen LogP contribution is -2.84. The van der Waals surface area contributed by atoms with E-state index in [0.717, 1.165) is 10.5 Å². The zero-order valence-corrected chi connectivity index (χ0v) is 20.9. The van der Waals surface area contributed by atoms with E-state index < -0.39 is 41.6 Å². The number of benzene rings is 3. The van der Waals surface area contributed by atoms with Gasteiger partial charge in [0.05, 0.1) is 11.4 Å². The number of nitrogens with zero attached hydrogens (tertiary/aromatic N) is 3. The fourth-order valence-electron chi connectivity index (χ4n) is 6.70. The normalized spacial score (nSPS) is 33.1. The van der Waals surface area contributed by atoms with Crippen LogP contribution < -0.4 is 9.80 Å². The van der Waals surface area contributed by atoms with E-state index in [4.69, 9.17) is 18.9 Å². The Hall–Kier alpha value is -4.22. The van der Waals surface area contributed by atoms with Gasteiger partial charge in [0.15, 0.2) is 0 Å². The number of aliphatic imine (C=N–C) groups is 1. The standard InChI is InChI=1S/C29H21N3O7/c1-16(33)31-21-14-8-6-12-19(21)27(25(31)35)28-20-13-7-9-15-22(20)32(17(2)34)29(28,39-27)37-24-23(30-26(36-24)38-28)18-10-4-3-5-11-18/h3-15,24,26H,1-2H3/t24-,26+,27?,28-,29-/m0/s1. The Bertz CT molecular complexity index is 1660. The van der Waals surface area contributed by atoms with Gasteiger partial charge in [-0.15, -0.1) is 0 Å². The summed E-state index contributed by atoms with van der Waals surface area (Å²) in [5.74, 6) is -3.43. The van der Waals surface area contributed by atoms with Crippen molar-refractivity contribution < 1.29 is 33.3 Å². The molecule has 10 nitrogen and oxygen atoms in total. The van der Waals surface area contributed by atoms with Crippen molar-refractivity contribution in [2.24, 2.45) is 4.99 Å². The summed E-state index contributed by atoms with van der Waals surface area (Å²) in [7, 11) is 0. The second kappa shape index (κ2) is 7.25. The third-order valence-corrected chi connectivity index (χ3v) is 8.03. The van der Waals surface area contributed by atoms with Gasteiger partial charge < -0.3 is 9.47 Å². The highest BCUT2D eigenvalue weighted by Crippen LogP contribution is 2.75. The maximum Gasteiger partial charge on any atom is 0.301 e. The molecule has 0 saturated carbocycles. The van der Waals surface area contributed by atoms with Gasteiger partial charge in [-0.1, -0.05) is 66.7 Å². The first-order chi connectivity index (χ1) is 18.9. The number of para-hydroxylation sites is 2. The highest BCUT2D eigenvalue weighted by atomic mass is 16.9. The Labute approximate surface area is 222 Å². The Morgan fingerprint density at radius 1 is 0.821 bits per heavy atom. The molecule has 5 aliphatic heterocycles. The van der Waals surface area contributed by atoms with Crippen LogP contribution in [-0.4, -0.2) is 42.0 Å². The number of hydrogen-bond acceptors (Lipinski definition) is 8. The number of imide groups is 1. The summed E-state index contributed by atoms with van der Waals surface area (Å²) >= 11 is 0. The number of amides is 3. The molecule has 8 rings (SSSR count). The number of hydrogen-bond donors (Lipinski definition) is 0. The molecule has 194 valence electrons. The van der Waals surface area contributed by atoms with E-state index in [1.807, 2.05) is 30.3 Å². The van der Waals surface area contributed by atoms with Crippen LogP contribution >= 0.6 is 0 Å². The van der Waals surface area contributed by atoms with E-state index in [2.05, 4.69) is 4.99 Å². The summed E-state index contributed by atoms with van der Waals surface area (Å²) < 4.78 is 26.1. The van der Waals surface area contributed by atoms with E-state index in [1.54, 1.807) is 48.5 Å². The molecule has 1 unspecified atom stereocenters. The first kappa shape index (κ1) is 22.7. The van der Waals surface area contributed by atoms with Gasteiger partial charge in [0.2, 0.25) is 29.3 Å². The molecule has 10 heteroatoms. The molecule has 3 aromatic rings. The number of ether oxygens (including phenoxy) is 4. The molecule has 3 aromatic carbocycles. The SMILES string of the molecule is CC(=O)N1C(=O)C2(O[C@@]34O[C@@H]5O[C@@H](N=C5c5ccccc5)O[C@@]23c2ccccc2N4C(C)=O)c2ccccc21. The van der Waals surface area contributed by atoms with Gasteiger partial charge in [0, 0.05) is 30.5 Å². The van der Waals surface area contributed by atoms with E-state index in [0.29, 0.717) is 28.2 Å².